The molecule has 2 aromatic heterocycles. The number of nitrogens with zero attached hydrogens (tertiary/aromatic N) is 8. The van der Waals surface area contributed by atoms with E-state index in [1.807, 2.05) is 24.8 Å². The molecule has 2 saturated heterocycles. The highest BCUT2D eigenvalue weighted by molar-refractivity contribution is 5.98. The standard InChI is InChI=1S/C49H54F3N9O6/c1-29(2)36-20-37(42(63)22-41(36)62)48(65)61-26-32-5-4-30(18-34(32)27-61)24-57-10-12-58(13-11-57)25-33-7-6-31(19-43(33)66-3)47(64)60-9-8-35-40(28-60)55-45(56-46(35)59-14-16-67-17-15-59)38-23-54-44(53)21-39(38)49(50,51)52/h4-7,18-23,29,62-63H,8-17,24-28H2,1-3H3,(H2,53,54). The molecule has 0 bridgehead atoms. The summed E-state index contributed by atoms with van der Waals surface area (Å²) in [5.41, 5.74) is 11.2. The van der Waals surface area contributed by atoms with Crippen molar-refractivity contribution in [1.29, 1.82) is 0 Å². The number of halogens is 3. The van der Waals surface area contributed by atoms with Crippen molar-refractivity contribution in [3.05, 3.63) is 117 Å². The van der Waals surface area contributed by atoms with Gasteiger partial charge in [-0.3, -0.25) is 19.4 Å². The van der Waals surface area contributed by atoms with Crippen LogP contribution in [0.25, 0.3) is 11.4 Å². The predicted octanol–water partition coefficient (Wildman–Crippen LogP) is 6.19. The smallest absolute Gasteiger partial charge is 0.417 e. The summed E-state index contributed by atoms with van der Waals surface area (Å²) in [4.78, 5) is 51.1. The monoisotopic (exact) mass is 921 g/mol. The molecule has 5 aromatic rings. The van der Waals surface area contributed by atoms with E-state index < -0.39 is 11.7 Å². The first kappa shape index (κ1) is 45.6. The summed E-state index contributed by atoms with van der Waals surface area (Å²) in [5.74, 6) is -0.0616. The van der Waals surface area contributed by atoms with Gasteiger partial charge in [0.1, 0.15) is 28.9 Å². The maximum absolute atomic E-state index is 14.3. The van der Waals surface area contributed by atoms with Gasteiger partial charge in [0.05, 0.1) is 43.7 Å². The van der Waals surface area contributed by atoms with Crippen LogP contribution in [0.4, 0.5) is 24.8 Å². The largest absolute Gasteiger partial charge is 0.508 e. The lowest BCUT2D eigenvalue weighted by Gasteiger charge is -2.35. The molecule has 4 aliphatic heterocycles. The summed E-state index contributed by atoms with van der Waals surface area (Å²) < 4.78 is 54.1. The van der Waals surface area contributed by atoms with Crippen molar-refractivity contribution in [3.8, 4) is 28.6 Å². The molecular weight excluding hydrogens is 868 g/mol. The van der Waals surface area contributed by atoms with Crippen LogP contribution in [0.2, 0.25) is 0 Å². The Bertz CT molecular complexity index is 2700. The van der Waals surface area contributed by atoms with Gasteiger partial charge in [0, 0.05) is 107 Å². The number of nitrogen functional groups attached to an aromatic ring is 1. The van der Waals surface area contributed by atoms with Crippen molar-refractivity contribution in [2.45, 2.75) is 65.1 Å². The second-order valence-corrected chi connectivity index (χ2v) is 18.0. The minimum absolute atomic E-state index is 0.00997. The highest BCUT2D eigenvalue weighted by Crippen LogP contribution is 2.39. The Morgan fingerprint density at radius 1 is 0.821 bits per heavy atom. The molecule has 9 rings (SSSR count). The molecule has 6 heterocycles. The van der Waals surface area contributed by atoms with E-state index >= 15 is 0 Å². The number of carbonyl (C=O) groups excluding carboxylic acids is 2. The lowest BCUT2D eigenvalue weighted by Crippen LogP contribution is -2.45. The second-order valence-electron chi connectivity index (χ2n) is 18.0. The first-order valence-electron chi connectivity index (χ1n) is 22.6. The zero-order valence-corrected chi connectivity index (χ0v) is 37.8. The van der Waals surface area contributed by atoms with Gasteiger partial charge in [-0.2, -0.15) is 13.2 Å². The van der Waals surface area contributed by atoms with Crippen molar-refractivity contribution in [1.82, 2.24) is 34.6 Å². The van der Waals surface area contributed by atoms with Crippen molar-refractivity contribution >= 4 is 23.5 Å². The number of nitrogens with two attached hydrogens (primary N) is 1. The summed E-state index contributed by atoms with van der Waals surface area (Å²) >= 11 is 0. The van der Waals surface area contributed by atoms with Gasteiger partial charge in [-0.15, -0.1) is 0 Å². The predicted molar refractivity (Wildman–Crippen MR) is 244 cm³/mol. The van der Waals surface area contributed by atoms with Gasteiger partial charge in [-0.25, -0.2) is 15.0 Å². The van der Waals surface area contributed by atoms with E-state index in [0.717, 1.165) is 72.8 Å². The van der Waals surface area contributed by atoms with Crippen LogP contribution >= 0.6 is 0 Å². The van der Waals surface area contributed by atoms with Crippen LogP contribution in [0.5, 0.6) is 17.2 Å². The lowest BCUT2D eigenvalue weighted by atomic mass is 9.98. The molecule has 15 nitrogen and oxygen atoms in total. The Morgan fingerprint density at radius 2 is 1.55 bits per heavy atom. The number of benzene rings is 3. The Labute approximate surface area is 386 Å². The number of pyridine rings is 1. The van der Waals surface area contributed by atoms with Crippen LogP contribution in [0.1, 0.15) is 85.1 Å². The Morgan fingerprint density at radius 3 is 2.27 bits per heavy atom. The van der Waals surface area contributed by atoms with Gasteiger partial charge in [-0.05, 0) is 58.9 Å². The number of hydrogen-bond acceptors (Lipinski definition) is 13. The van der Waals surface area contributed by atoms with E-state index in [2.05, 4.69) is 43.0 Å². The number of ether oxygens (including phenoxy) is 2. The molecule has 4 aliphatic rings. The molecule has 2 amide bonds. The third kappa shape index (κ3) is 9.55. The first-order chi connectivity index (χ1) is 32.1. The van der Waals surface area contributed by atoms with Gasteiger partial charge >= 0.3 is 6.18 Å². The quantitative estimate of drug-likeness (QED) is 0.145. The maximum Gasteiger partial charge on any atom is 0.417 e. The number of methoxy groups -OCH3 is 1. The fourth-order valence-electron chi connectivity index (χ4n) is 9.51. The number of morpholine rings is 1. The minimum Gasteiger partial charge on any atom is -0.508 e. The van der Waals surface area contributed by atoms with Crippen molar-refractivity contribution in [3.63, 3.8) is 0 Å². The van der Waals surface area contributed by atoms with E-state index in [-0.39, 0.29) is 58.5 Å². The maximum atomic E-state index is 14.3. The summed E-state index contributed by atoms with van der Waals surface area (Å²) in [6, 6.07) is 15.5. The Balaban J connectivity index is 0.831. The lowest BCUT2D eigenvalue weighted by molar-refractivity contribution is -0.137. The van der Waals surface area contributed by atoms with Crippen LogP contribution in [0, 0.1) is 0 Å². The van der Waals surface area contributed by atoms with Crippen LogP contribution in [-0.4, -0.2) is 123 Å². The number of aromatic hydroxyl groups is 2. The van der Waals surface area contributed by atoms with Gasteiger partial charge < -0.3 is 40.1 Å². The number of carbonyl (C=O) groups is 2. The molecular formula is C49H54F3N9O6. The van der Waals surface area contributed by atoms with Gasteiger partial charge in [0.25, 0.3) is 11.8 Å². The zero-order valence-electron chi connectivity index (χ0n) is 37.8. The van der Waals surface area contributed by atoms with Crippen LogP contribution in [0.15, 0.2) is 60.8 Å². The number of aromatic nitrogens is 3. The second kappa shape index (κ2) is 18.6. The average molecular weight is 922 g/mol. The molecule has 352 valence electrons. The van der Waals surface area contributed by atoms with Crippen LogP contribution < -0.4 is 15.4 Å². The first-order valence-corrected chi connectivity index (χ1v) is 22.6. The number of rotatable bonds is 10. The normalized spacial score (nSPS) is 16.9. The number of alkyl halides is 3. The summed E-state index contributed by atoms with van der Waals surface area (Å²) in [6.07, 6.45) is -3.26. The van der Waals surface area contributed by atoms with E-state index in [1.165, 1.54) is 6.07 Å². The Hall–Kier alpha value is -6.50. The molecule has 0 unspecified atom stereocenters. The van der Waals surface area contributed by atoms with Gasteiger partial charge in [-0.1, -0.05) is 38.1 Å². The minimum atomic E-state index is -4.73. The summed E-state index contributed by atoms with van der Waals surface area (Å²) in [7, 11) is 1.58. The summed E-state index contributed by atoms with van der Waals surface area (Å²) in [5, 5.41) is 20.8. The SMILES string of the molecule is COc1cc(C(=O)N2CCc3c(nc(-c4cnc(N)cc4C(F)(F)F)nc3N3CCOCC3)C2)ccc1CN1CCN(Cc2ccc3c(c2)CN(C(=O)c2cc(C(C)C)c(O)cc2O)C3)CC1. The number of hydrogen-bond donors (Lipinski definition) is 3. The molecule has 0 radical (unpaired) electrons. The number of anilines is 2. The highest BCUT2D eigenvalue weighted by atomic mass is 19.4. The summed E-state index contributed by atoms with van der Waals surface area (Å²) in [6.45, 7) is 11.8. The van der Waals surface area contributed by atoms with Crippen LogP contribution in [0.3, 0.4) is 0 Å². The zero-order chi connectivity index (χ0) is 47.1. The molecule has 0 saturated carbocycles. The van der Waals surface area contributed by atoms with Gasteiger partial charge in [0.15, 0.2) is 5.82 Å². The van der Waals surface area contributed by atoms with Crippen molar-refractivity contribution in [2.24, 2.45) is 0 Å². The molecule has 0 atom stereocenters. The topological polar surface area (TPSA) is 174 Å². The average Bonchev–Trinajstić information content (AvgIpc) is 3.75. The van der Waals surface area contributed by atoms with E-state index in [1.54, 1.807) is 35.1 Å². The molecule has 3 aromatic carbocycles. The molecule has 2 fully saturated rings. The molecule has 0 spiro atoms. The third-order valence-corrected chi connectivity index (χ3v) is 13.2. The van der Waals surface area contributed by atoms with Crippen LogP contribution in [-0.2, 0) is 50.1 Å². The van der Waals surface area contributed by atoms with Gasteiger partial charge in [0.2, 0.25) is 0 Å². The number of fused-ring (bicyclic) bond motifs is 2. The van der Waals surface area contributed by atoms with E-state index in [9.17, 15) is 33.0 Å². The fourth-order valence-corrected chi connectivity index (χ4v) is 9.51. The molecule has 0 aliphatic carbocycles. The fraction of sp³-hybridized carbons (Fsp3) is 0.408. The molecule has 4 N–H and O–H groups in total. The van der Waals surface area contributed by atoms with Crippen molar-refractivity contribution < 1.29 is 42.4 Å². The number of piperazine rings is 1. The number of phenolic OH excluding ortho intramolecular Hbond substituents is 2. The third-order valence-electron chi connectivity index (χ3n) is 13.2. The molecule has 18 heteroatoms. The van der Waals surface area contributed by atoms with Crippen molar-refractivity contribution in [2.75, 3.05) is 76.8 Å². The molecule has 67 heavy (non-hydrogen) atoms. The number of phenols is 2. The Kier molecular flexibility index (Phi) is 12.7. The highest BCUT2D eigenvalue weighted by Gasteiger charge is 2.37. The van der Waals surface area contributed by atoms with E-state index in [4.69, 9.17) is 15.2 Å². The number of amides is 2. The van der Waals surface area contributed by atoms with E-state index in [0.29, 0.717) is 87.3 Å².